The number of carbonyl (C=O) groups excluding carboxylic acids is 2. The molecule has 0 atom stereocenters. The van der Waals surface area contributed by atoms with Crippen LogP contribution in [0.4, 0.5) is 11.4 Å². The Morgan fingerprint density at radius 2 is 1.27 bits per heavy atom. The van der Waals surface area contributed by atoms with Gasteiger partial charge in [-0.3, -0.25) is 29.8 Å². The van der Waals surface area contributed by atoms with Crippen LogP contribution in [0.2, 0.25) is 0 Å². The Morgan fingerprint density at radius 1 is 0.867 bits per heavy atom. The lowest BCUT2D eigenvalue weighted by molar-refractivity contribution is -0.386. The van der Waals surface area contributed by atoms with Crippen molar-refractivity contribution in [3.8, 4) is 11.5 Å². The summed E-state index contributed by atoms with van der Waals surface area (Å²) < 4.78 is 10.1. The van der Waals surface area contributed by atoms with Crippen LogP contribution in [0.1, 0.15) is 41.5 Å². The van der Waals surface area contributed by atoms with Crippen molar-refractivity contribution in [2.45, 2.75) is 20.8 Å². The summed E-state index contributed by atoms with van der Waals surface area (Å²) in [5.41, 5.74) is 0.273. The van der Waals surface area contributed by atoms with Gasteiger partial charge in [-0.15, -0.1) is 0 Å². The van der Waals surface area contributed by atoms with Gasteiger partial charge in [-0.1, -0.05) is 0 Å². The Bertz CT molecular complexity index is 884. The van der Waals surface area contributed by atoms with Crippen molar-refractivity contribution in [2.24, 2.45) is 0 Å². The molecule has 2 rings (SSSR count). The molecule has 10 nitrogen and oxygen atoms in total. The van der Waals surface area contributed by atoms with Crippen LogP contribution in [-0.2, 0) is 0 Å². The molecule has 0 aliphatic carbocycles. The zero-order valence-electron chi connectivity index (χ0n) is 16.4. The lowest BCUT2D eigenvalue weighted by Crippen LogP contribution is -2.00. The van der Waals surface area contributed by atoms with Crippen LogP contribution >= 0.6 is 11.6 Å². The zero-order chi connectivity index (χ0) is 22.8. The summed E-state index contributed by atoms with van der Waals surface area (Å²) in [6.07, 6.45) is 0. The van der Waals surface area contributed by atoms with Gasteiger partial charge in [0.2, 0.25) is 0 Å². The number of ether oxygens (including phenoxy) is 2. The largest absolute Gasteiger partial charge is 0.487 e. The summed E-state index contributed by atoms with van der Waals surface area (Å²) in [5, 5.41) is 20.5. The van der Waals surface area contributed by atoms with Crippen LogP contribution in [0.15, 0.2) is 36.4 Å². The van der Waals surface area contributed by atoms with Gasteiger partial charge in [-0.05, 0) is 56.6 Å². The molecule has 0 heterocycles. The molecule has 0 N–H and O–H groups in total. The minimum absolute atomic E-state index is 0.0500. The molecule has 0 aromatic heterocycles. The number of Topliss-reactive ketones (excluding diaryl/α,β-unsaturated/α-hetero) is 1. The van der Waals surface area contributed by atoms with E-state index in [4.69, 9.17) is 21.1 Å². The predicted octanol–water partition coefficient (Wildman–Crippen LogP) is 4.57. The first-order valence-electron chi connectivity index (χ1n) is 8.65. The first kappa shape index (κ1) is 24.5. The van der Waals surface area contributed by atoms with E-state index < -0.39 is 15.1 Å². The van der Waals surface area contributed by atoms with Crippen molar-refractivity contribution in [2.75, 3.05) is 13.2 Å². The molecule has 0 spiro atoms. The quantitative estimate of drug-likeness (QED) is 0.252. The normalized spacial score (nSPS) is 9.73. The third-order valence-electron chi connectivity index (χ3n) is 3.55. The molecule has 0 amide bonds. The van der Waals surface area contributed by atoms with E-state index in [-0.39, 0.29) is 40.8 Å². The number of halogens is 1. The van der Waals surface area contributed by atoms with E-state index in [1.54, 1.807) is 13.8 Å². The lowest BCUT2D eigenvalue weighted by atomic mass is 10.1. The van der Waals surface area contributed by atoms with E-state index in [9.17, 15) is 29.8 Å². The summed E-state index contributed by atoms with van der Waals surface area (Å²) in [6.45, 7) is 5.42. The molecule has 0 bridgehead atoms. The Labute approximate surface area is 176 Å². The average molecular weight is 439 g/mol. The predicted molar refractivity (Wildman–Crippen MR) is 109 cm³/mol. The highest BCUT2D eigenvalue weighted by molar-refractivity contribution is 6.67. The highest BCUT2D eigenvalue weighted by Crippen LogP contribution is 2.29. The maximum Gasteiger partial charge on any atom is 0.310 e. The highest BCUT2D eigenvalue weighted by atomic mass is 35.5. The minimum Gasteiger partial charge on any atom is -0.487 e. The zero-order valence-corrected chi connectivity index (χ0v) is 17.2. The molecule has 11 heteroatoms. The van der Waals surface area contributed by atoms with E-state index in [1.807, 2.05) is 0 Å². The first-order valence-corrected chi connectivity index (χ1v) is 9.03. The number of hydrogen-bond donors (Lipinski definition) is 0. The summed E-state index contributed by atoms with van der Waals surface area (Å²) in [5.74, 6) is 0.0371. The molecule has 0 saturated heterocycles. The Kier molecular flexibility index (Phi) is 9.37. The van der Waals surface area contributed by atoms with Crippen molar-refractivity contribution in [3.05, 3.63) is 67.8 Å². The van der Waals surface area contributed by atoms with Crippen LogP contribution in [0.5, 0.6) is 11.5 Å². The third-order valence-corrected chi connectivity index (χ3v) is 3.76. The number of nitro benzene ring substituents is 2. The topological polar surface area (TPSA) is 139 Å². The molecule has 0 saturated carbocycles. The second kappa shape index (κ2) is 11.5. The van der Waals surface area contributed by atoms with Crippen LogP contribution < -0.4 is 9.47 Å². The van der Waals surface area contributed by atoms with Crippen LogP contribution in [0.25, 0.3) is 0 Å². The molecule has 0 aliphatic heterocycles. The van der Waals surface area contributed by atoms with Gasteiger partial charge in [0.15, 0.2) is 17.3 Å². The molecule has 0 aliphatic rings. The molecule has 0 unspecified atom stereocenters. The smallest absolute Gasteiger partial charge is 0.310 e. The van der Waals surface area contributed by atoms with Crippen molar-refractivity contribution < 1.29 is 28.9 Å². The summed E-state index contributed by atoms with van der Waals surface area (Å²) in [4.78, 5) is 42.0. The van der Waals surface area contributed by atoms with Crippen molar-refractivity contribution in [3.63, 3.8) is 0 Å². The van der Waals surface area contributed by atoms with Crippen LogP contribution in [-0.4, -0.2) is 34.1 Å². The number of hydrogen-bond acceptors (Lipinski definition) is 8. The minimum atomic E-state index is -0.675. The first-order chi connectivity index (χ1) is 14.1. The second-order valence-electron chi connectivity index (χ2n) is 5.58. The molecule has 0 radical (unpaired) electrons. The Balaban J connectivity index is 0.000000300. The Hall–Kier alpha value is -3.53. The van der Waals surface area contributed by atoms with E-state index in [0.29, 0.717) is 12.2 Å². The molecule has 30 heavy (non-hydrogen) atoms. The number of benzene rings is 2. The average Bonchev–Trinajstić information content (AvgIpc) is 2.68. The highest BCUT2D eigenvalue weighted by Gasteiger charge is 2.17. The van der Waals surface area contributed by atoms with E-state index in [0.717, 1.165) is 0 Å². The maximum absolute atomic E-state index is 11.1. The third kappa shape index (κ3) is 6.82. The standard InChI is InChI=1S/C10H11NO4.C9H8ClNO4/c1-3-15-10-6-8(7(2)12)4-5-9(10)11(13)14;1-2-15-8-5-6(9(10)12)3-4-7(8)11(13)14/h4-6H,3H2,1-2H3;3-5H,2H2,1H3. The Morgan fingerprint density at radius 3 is 1.60 bits per heavy atom. The van der Waals surface area contributed by atoms with E-state index in [2.05, 4.69) is 0 Å². The van der Waals surface area contributed by atoms with Gasteiger partial charge < -0.3 is 9.47 Å². The second-order valence-corrected chi connectivity index (χ2v) is 5.92. The van der Waals surface area contributed by atoms with E-state index >= 15 is 0 Å². The number of nitrogens with zero attached hydrogens (tertiary/aromatic N) is 2. The van der Waals surface area contributed by atoms with Gasteiger partial charge in [0.05, 0.1) is 23.1 Å². The fourth-order valence-electron chi connectivity index (χ4n) is 2.21. The number of rotatable bonds is 8. The van der Waals surface area contributed by atoms with Crippen molar-refractivity contribution in [1.82, 2.24) is 0 Å². The van der Waals surface area contributed by atoms with Crippen LogP contribution in [0.3, 0.4) is 0 Å². The van der Waals surface area contributed by atoms with Crippen LogP contribution in [0, 0.1) is 20.2 Å². The number of carbonyl (C=O) groups is 2. The number of ketones is 1. The molecular formula is C19H19ClN2O8. The summed E-state index contributed by atoms with van der Waals surface area (Å²) in [7, 11) is 0. The number of nitro groups is 2. The van der Waals surface area contributed by atoms with Crippen molar-refractivity contribution in [1.29, 1.82) is 0 Å². The van der Waals surface area contributed by atoms with E-state index in [1.165, 1.54) is 43.3 Å². The fraction of sp³-hybridized carbons (Fsp3) is 0.263. The van der Waals surface area contributed by atoms with Gasteiger partial charge in [-0.25, -0.2) is 0 Å². The molecule has 160 valence electrons. The SMILES string of the molecule is CCOc1cc(C(=O)Cl)ccc1[N+](=O)[O-].CCOc1cc(C(C)=O)ccc1[N+](=O)[O-]. The van der Waals surface area contributed by atoms with Gasteiger partial charge >= 0.3 is 11.4 Å². The maximum atomic E-state index is 11.1. The summed E-state index contributed by atoms with van der Waals surface area (Å²) >= 11 is 5.24. The van der Waals surface area contributed by atoms with Gasteiger partial charge in [-0.2, -0.15) is 0 Å². The molecule has 2 aromatic rings. The fourth-order valence-corrected chi connectivity index (χ4v) is 2.33. The monoisotopic (exact) mass is 438 g/mol. The molecule has 0 fully saturated rings. The molecular weight excluding hydrogens is 420 g/mol. The van der Waals surface area contributed by atoms with Gasteiger partial charge in [0.25, 0.3) is 5.24 Å². The summed E-state index contributed by atoms with van der Waals surface area (Å²) in [6, 6.07) is 7.84. The van der Waals surface area contributed by atoms with Gasteiger partial charge in [0.1, 0.15) is 0 Å². The lowest BCUT2D eigenvalue weighted by Gasteiger charge is -2.05. The van der Waals surface area contributed by atoms with Gasteiger partial charge in [0, 0.05) is 23.3 Å². The van der Waals surface area contributed by atoms with Crippen molar-refractivity contribution >= 4 is 34.0 Å². The molecule has 2 aromatic carbocycles.